The van der Waals surface area contributed by atoms with E-state index in [2.05, 4.69) is 42.8 Å². The first kappa shape index (κ1) is 18.9. The van der Waals surface area contributed by atoms with Crippen LogP contribution in [0.3, 0.4) is 0 Å². The highest BCUT2D eigenvalue weighted by Crippen LogP contribution is 2.20. The number of hydrogen-bond acceptors (Lipinski definition) is 8. The summed E-state index contributed by atoms with van der Waals surface area (Å²) in [5.74, 6) is 1.39. The Morgan fingerprint density at radius 3 is 2.38 bits per heavy atom. The first-order chi connectivity index (χ1) is 14.1. The van der Waals surface area contributed by atoms with Crippen molar-refractivity contribution >= 4 is 28.9 Å². The van der Waals surface area contributed by atoms with Crippen molar-refractivity contribution in [1.29, 1.82) is 0 Å². The Bertz CT molecular complexity index is 961. The van der Waals surface area contributed by atoms with Crippen LogP contribution in [-0.4, -0.2) is 59.4 Å². The van der Waals surface area contributed by atoms with Crippen LogP contribution in [0.25, 0.3) is 0 Å². The lowest BCUT2D eigenvalue weighted by Gasteiger charge is -2.34. The molecule has 3 aromatic rings. The van der Waals surface area contributed by atoms with Gasteiger partial charge in [0.15, 0.2) is 17.3 Å². The van der Waals surface area contributed by atoms with Crippen LogP contribution in [0.5, 0.6) is 0 Å². The van der Waals surface area contributed by atoms with Gasteiger partial charge in [0.1, 0.15) is 5.76 Å². The summed E-state index contributed by atoms with van der Waals surface area (Å²) >= 11 is 0. The van der Waals surface area contributed by atoms with Gasteiger partial charge < -0.3 is 25.0 Å². The van der Waals surface area contributed by atoms with Crippen LogP contribution in [0.1, 0.15) is 16.2 Å². The van der Waals surface area contributed by atoms with Crippen LogP contribution in [0.15, 0.2) is 47.0 Å². The molecule has 2 N–H and O–H groups in total. The minimum absolute atomic E-state index is 0.232. The molecular weight excluding hydrogens is 370 g/mol. The number of aromatic nitrogens is 3. The SMILES string of the molecule is Cc1cc(Nc2ccc(C(=O)Nc3ccc(N4CCN(C)CC4)cc3)nn2)no1. The van der Waals surface area contributed by atoms with Crippen molar-refractivity contribution in [3.05, 3.63) is 53.9 Å². The topological polar surface area (TPSA) is 99.4 Å². The maximum Gasteiger partial charge on any atom is 0.276 e. The zero-order chi connectivity index (χ0) is 20.2. The molecule has 0 atom stereocenters. The monoisotopic (exact) mass is 393 g/mol. The molecule has 1 fully saturated rings. The van der Waals surface area contributed by atoms with E-state index < -0.39 is 0 Å². The number of benzene rings is 1. The van der Waals surface area contributed by atoms with E-state index in [4.69, 9.17) is 4.52 Å². The van der Waals surface area contributed by atoms with Gasteiger partial charge in [-0.05, 0) is 50.4 Å². The van der Waals surface area contributed by atoms with Gasteiger partial charge >= 0.3 is 0 Å². The fraction of sp³-hybridized carbons (Fsp3) is 0.300. The van der Waals surface area contributed by atoms with Crippen LogP contribution in [0.4, 0.5) is 23.0 Å². The summed E-state index contributed by atoms with van der Waals surface area (Å²) in [4.78, 5) is 17.1. The Morgan fingerprint density at radius 2 is 1.76 bits per heavy atom. The molecule has 150 valence electrons. The Labute approximate surface area is 168 Å². The number of carbonyl (C=O) groups is 1. The van der Waals surface area contributed by atoms with E-state index in [1.165, 1.54) is 0 Å². The van der Waals surface area contributed by atoms with Crippen LogP contribution in [0, 0.1) is 6.92 Å². The smallest absolute Gasteiger partial charge is 0.276 e. The highest BCUT2D eigenvalue weighted by Gasteiger charge is 2.14. The molecule has 0 spiro atoms. The summed E-state index contributed by atoms with van der Waals surface area (Å²) in [6, 6.07) is 12.9. The van der Waals surface area contributed by atoms with Crippen LogP contribution in [0.2, 0.25) is 0 Å². The number of nitrogens with zero attached hydrogens (tertiary/aromatic N) is 5. The highest BCUT2D eigenvalue weighted by molar-refractivity contribution is 6.02. The summed E-state index contributed by atoms with van der Waals surface area (Å²) in [6.45, 7) is 5.92. The molecule has 3 heterocycles. The number of anilines is 4. The second-order valence-corrected chi connectivity index (χ2v) is 7.04. The first-order valence-corrected chi connectivity index (χ1v) is 9.46. The number of amides is 1. The van der Waals surface area contributed by atoms with Gasteiger partial charge in [-0.2, -0.15) is 0 Å². The minimum atomic E-state index is -0.311. The third kappa shape index (κ3) is 4.69. The highest BCUT2D eigenvalue weighted by atomic mass is 16.5. The van der Waals surface area contributed by atoms with Gasteiger partial charge in [0, 0.05) is 43.6 Å². The number of nitrogens with one attached hydrogen (secondary N) is 2. The Balaban J connectivity index is 1.35. The van der Waals surface area contributed by atoms with E-state index in [1.807, 2.05) is 24.3 Å². The molecule has 1 aliphatic heterocycles. The van der Waals surface area contributed by atoms with Crippen molar-refractivity contribution in [1.82, 2.24) is 20.3 Å². The van der Waals surface area contributed by atoms with Gasteiger partial charge in [-0.1, -0.05) is 5.16 Å². The lowest BCUT2D eigenvalue weighted by atomic mass is 10.2. The van der Waals surface area contributed by atoms with Gasteiger partial charge in [0.05, 0.1) is 0 Å². The van der Waals surface area contributed by atoms with E-state index in [1.54, 1.807) is 25.1 Å². The third-order valence-electron chi connectivity index (χ3n) is 4.77. The number of hydrogen-bond donors (Lipinski definition) is 2. The second-order valence-electron chi connectivity index (χ2n) is 7.04. The maximum atomic E-state index is 12.4. The van der Waals surface area contributed by atoms with Gasteiger partial charge in [-0.15, -0.1) is 10.2 Å². The zero-order valence-electron chi connectivity index (χ0n) is 16.4. The lowest BCUT2D eigenvalue weighted by Crippen LogP contribution is -2.44. The molecular formula is C20H23N7O2. The van der Waals surface area contributed by atoms with Gasteiger partial charge in [0.25, 0.3) is 5.91 Å². The normalized spacial score (nSPS) is 14.6. The third-order valence-corrected chi connectivity index (χ3v) is 4.77. The molecule has 0 bridgehead atoms. The Kier molecular flexibility index (Phi) is 5.39. The number of likely N-dealkylation sites (N-methyl/N-ethyl adjacent to an activating group) is 1. The van der Waals surface area contributed by atoms with Crippen molar-refractivity contribution < 1.29 is 9.32 Å². The number of piperazine rings is 1. The van der Waals surface area contributed by atoms with Crippen molar-refractivity contribution in [2.75, 3.05) is 48.8 Å². The molecule has 0 unspecified atom stereocenters. The van der Waals surface area contributed by atoms with E-state index in [9.17, 15) is 4.79 Å². The molecule has 29 heavy (non-hydrogen) atoms. The second kappa shape index (κ2) is 8.27. The van der Waals surface area contributed by atoms with Crippen molar-refractivity contribution in [2.45, 2.75) is 6.92 Å². The largest absolute Gasteiger partial charge is 0.369 e. The summed E-state index contributed by atoms with van der Waals surface area (Å²) in [5.41, 5.74) is 2.11. The van der Waals surface area contributed by atoms with Crippen LogP contribution in [-0.2, 0) is 0 Å². The lowest BCUT2D eigenvalue weighted by molar-refractivity contribution is 0.102. The number of rotatable bonds is 5. The summed E-state index contributed by atoms with van der Waals surface area (Å²) in [5, 5.41) is 17.6. The molecule has 1 aromatic carbocycles. The van der Waals surface area contributed by atoms with E-state index in [0.29, 0.717) is 17.4 Å². The van der Waals surface area contributed by atoms with E-state index >= 15 is 0 Å². The quantitative estimate of drug-likeness (QED) is 0.682. The Hall–Kier alpha value is -3.46. The average molecular weight is 393 g/mol. The average Bonchev–Trinajstić information content (AvgIpc) is 3.14. The molecule has 2 aromatic heterocycles. The molecule has 9 heteroatoms. The van der Waals surface area contributed by atoms with Crippen molar-refractivity contribution in [3.63, 3.8) is 0 Å². The molecule has 0 saturated carbocycles. The first-order valence-electron chi connectivity index (χ1n) is 9.46. The van der Waals surface area contributed by atoms with Crippen molar-refractivity contribution in [3.8, 4) is 0 Å². The summed E-state index contributed by atoms with van der Waals surface area (Å²) in [6.07, 6.45) is 0. The summed E-state index contributed by atoms with van der Waals surface area (Å²) in [7, 11) is 2.14. The molecule has 9 nitrogen and oxygen atoms in total. The van der Waals surface area contributed by atoms with Crippen LogP contribution < -0.4 is 15.5 Å². The zero-order valence-corrected chi connectivity index (χ0v) is 16.4. The van der Waals surface area contributed by atoms with Gasteiger partial charge in [-0.25, -0.2) is 0 Å². The molecule has 1 saturated heterocycles. The number of aryl methyl sites for hydroxylation is 1. The van der Waals surface area contributed by atoms with Gasteiger partial charge in [-0.3, -0.25) is 4.79 Å². The predicted molar refractivity (Wildman–Crippen MR) is 111 cm³/mol. The maximum absolute atomic E-state index is 12.4. The molecule has 0 radical (unpaired) electrons. The fourth-order valence-corrected chi connectivity index (χ4v) is 3.09. The Morgan fingerprint density at radius 1 is 1.00 bits per heavy atom. The minimum Gasteiger partial charge on any atom is -0.369 e. The molecule has 0 aliphatic carbocycles. The molecule has 1 aliphatic rings. The summed E-state index contributed by atoms with van der Waals surface area (Å²) < 4.78 is 4.99. The van der Waals surface area contributed by atoms with E-state index in [-0.39, 0.29) is 11.6 Å². The fourth-order valence-electron chi connectivity index (χ4n) is 3.09. The molecule has 1 amide bonds. The van der Waals surface area contributed by atoms with Crippen molar-refractivity contribution in [2.24, 2.45) is 0 Å². The van der Waals surface area contributed by atoms with Gasteiger partial charge in [0.2, 0.25) is 0 Å². The van der Waals surface area contributed by atoms with Crippen LogP contribution >= 0.6 is 0 Å². The predicted octanol–water partition coefficient (Wildman–Crippen LogP) is 2.52. The molecule has 4 rings (SSSR count). The number of carbonyl (C=O) groups excluding carboxylic acids is 1. The standard InChI is InChI=1S/C20H23N7O2/c1-14-13-19(25-29-14)22-18-8-7-17(23-24-18)20(28)21-15-3-5-16(6-4-15)27-11-9-26(2)10-12-27/h3-8,13H,9-12H2,1-2H3,(H,21,28)(H,22,24,25). The van der Waals surface area contributed by atoms with E-state index in [0.717, 1.165) is 37.6 Å².